The molecule has 0 bridgehead atoms. The summed E-state index contributed by atoms with van der Waals surface area (Å²) in [4.78, 5) is 3.99. The molecule has 0 radical (unpaired) electrons. The van der Waals surface area contributed by atoms with Crippen LogP contribution in [0.1, 0.15) is 5.69 Å². The van der Waals surface area contributed by atoms with E-state index in [9.17, 15) is 12.8 Å². The summed E-state index contributed by atoms with van der Waals surface area (Å²) in [5.74, 6) is -0.438. The second kappa shape index (κ2) is 5.74. The lowest BCUT2D eigenvalue weighted by Crippen LogP contribution is -2.26. The van der Waals surface area contributed by atoms with E-state index in [1.165, 1.54) is 49.6 Å². The van der Waals surface area contributed by atoms with Gasteiger partial charge in [-0.15, -0.1) is 0 Å². The lowest BCUT2D eigenvalue weighted by atomic mass is 10.3. The number of benzene rings is 1. The molecule has 1 aromatic heterocycles. The standard InChI is InChI=1S/C13H12FN3O2S2/c1-17(10-4-2-9(14)3-5-10)21(18,19)11-6-7-12(13(15)20)16-8-11/h2-8H,1H3,(H2,15,20). The Labute approximate surface area is 127 Å². The van der Waals surface area contributed by atoms with Gasteiger partial charge in [-0.1, -0.05) is 12.2 Å². The predicted molar refractivity (Wildman–Crippen MR) is 82.1 cm³/mol. The highest BCUT2D eigenvalue weighted by Gasteiger charge is 2.21. The van der Waals surface area contributed by atoms with Crippen molar-refractivity contribution in [3.63, 3.8) is 0 Å². The molecular weight excluding hydrogens is 313 g/mol. The number of hydrogen-bond donors (Lipinski definition) is 1. The van der Waals surface area contributed by atoms with Crippen LogP contribution >= 0.6 is 12.2 Å². The summed E-state index contributed by atoms with van der Waals surface area (Å²) in [5, 5.41) is 0. The zero-order chi connectivity index (χ0) is 15.6. The van der Waals surface area contributed by atoms with Gasteiger partial charge in [-0.05, 0) is 36.4 Å². The molecule has 1 heterocycles. The summed E-state index contributed by atoms with van der Waals surface area (Å²) in [6, 6.07) is 7.95. The molecule has 0 aliphatic carbocycles. The van der Waals surface area contributed by atoms with Gasteiger partial charge in [0.2, 0.25) is 0 Å². The Kier molecular flexibility index (Phi) is 4.19. The first-order valence-corrected chi connectivity index (χ1v) is 7.67. The molecule has 0 atom stereocenters. The van der Waals surface area contributed by atoms with Crippen LogP contribution in [0.2, 0.25) is 0 Å². The SMILES string of the molecule is CN(c1ccc(F)cc1)S(=O)(=O)c1ccc(C(N)=S)nc1. The molecule has 5 nitrogen and oxygen atoms in total. The van der Waals surface area contributed by atoms with Crippen LogP contribution in [-0.2, 0) is 10.0 Å². The molecule has 0 amide bonds. The summed E-state index contributed by atoms with van der Waals surface area (Å²) >= 11 is 4.76. The van der Waals surface area contributed by atoms with Crippen molar-refractivity contribution in [2.45, 2.75) is 4.90 Å². The average molecular weight is 325 g/mol. The number of thiocarbonyl (C=S) groups is 1. The Morgan fingerprint density at radius 2 is 1.86 bits per heavy atom. The van der Waals surface area contributed by atoms with Crippen LogP contribution in [0.5, 0.6) is 0 Å². The highest BCUT2D eigenvalue weighted by molar-refractivity contribution is 7.92. The van der Waals surface area contributed by atoms with Crippen molar-refractivity contribution in [2.24, 2.45) is 5.73 Å². The van der Waals surface area contributed by atoms with Crippen molar-refractivity contribution < 1.29 is 12.8 Å². The molecule has 21 heavy (non-hydrogen) atoms. The van der Waals surface area contributed by atoms with Gasteiger partial charge in [-0.25, -0.2) is 12.8 Å². The minimum atomic E-state index is -3.78. The van der Waals surface area contributed by atoms with E-state index in [-0.39, 0.29) is 9.88 Å². The Hall–Kier alpha value is -2.06. The molecule has 2 aromatic rings. The summed E-state index contributed by atoms with van der Waals surface area (Å²) in [7, 11) is -2.40. The van der Waals surface area contributed by atoms with Crippen LogP contribution in [0, 0.1) is 5.82 Å². The van der Waals surface area contributed by atoms with Gasteiger partial charge in [-0.2, -0.15) is 0 Å². The van der Waals surface area contributed by atoms with Crippen molar-refractivity contribution in [3.05, 3.63) is 54.1 Å². The molecule has 0 aliphatic rings. The normalized spacial score (nSPS) is 11.1. The molecule has 8 heteroatoms. The monoisotopic (exact) mass is 325 g/mol. The third kappa shape index (κ3) is 3.17. The summed E-state index contributed by atoms with van der Waals surface area (Å²) in [5.41, 5.74) is 6.09. The fraction of sp³-hybridized carbons (Fsp3) is 0.0769. The zero-order valence-electron chi connectivity index (χ0n) is 11.0. The van der Waals surface area contributed by atoms with E-state index >= 15 is 0 Å². The number of hydrogen-bond acceptors (Lipinski definition) is 4. The fourth-order valence-electron chi connectivity index (χ4n) is 1.63. The van der Waals surface area contributed by atoms with E-state index in [4.69, 9.17) is 18.0 Å². The maximum absolute atomic E-state index is 12.9. The first-order chi connectivity index (χ1) is 9.82. The Morgan fingerprint density at radius 3 is 2.33 bits per heavy atom. The lowest BCUT2D eigenvalue weighted by molar-refractivity contribution is 0.593. The van der Waals surface area contributed by atoms with Gasteiger partial charge in [0.15, 0.2) is 0 Å². The van der Waals surface area contributed by atoms with Crippen molar-refractivity contribution >= 4 is 32.9 Å². The van der Waals surface area contributed by atoms with E-state index in [1.807, 2.05) is 0 Å². The lowest BCUT2D eigenvalue weighted by Gasteiger charge is -2.19. The number of nitrogens with zero attached hydrogens (tertiary/aromatic N) is 2. The Balaban J connectivity index is 2.36. The molecule has 2 rings (SSSR count). The molecule has 0 aliphatic heterocycles. The number of aromatic nitrogens is 1. The van der Waals surface area contributed by atoms with Crippen molar-refractivity contribution in [2.75, 3.05) is 11.4 Å². The van der Waals surface area contributed by atoms with Crippen LogP contribution in [0.25, 0.3) is 0 Å². The van der Waals surface area contributed by atoms with Crippen molar-refractivity contribution in [1.29, 1.82) is 0 Å². The Bertz CT molecular complexity index is 759. The summed E-state index contributed by atoms with van der Waals surface area (Å²) < 4.78 is 38.8. The van der Waals surface area contributed by atoms with Crippen LogP contribution in [-0.4, -0.2) is 25.4 Å². The molecule has 0 spiro atoms. The first kappa shape index (κ1) is 15.3. The van der Waals surface area contributed by atoms with Gasteiger partial charge in [0.25, 0.3) is 10.0 Å². The van der Waals surface area contributed by atoms with Gasteiger partial charge in [0, 0.05) is 13.2 Å². The predicted octanol–water partition coefficient (Wildman–Crippen LogP) is 1.68. The number of sulfonamides is 1. The van der Waals surface area contributed by atoms with Gasteiger partial charge in [-0.3, -0.25) is 9.29 Å². The van der Waals surface area contributed by atoms with E-state index in [1.54, 1.807) is 0 Å². The zero-order valence-corrected chi connectivity index (χ0v) is 12.7. The van der Waals surface area contributed by atoms with E-state index < -0.39 is 15.8 Å². The van der Waals surface area contributed by atoms with E-state index in [0.29, 0.717) is 11.4 Å². The van der Waals surface area contributed by atoms with Crippen LogP contribution < -0.4 is 10.0 Å². The minimum Gasteiger partial charge on any atom is -0.388 e. The number of halogens is 1. The molecule has 0 unspecified atom stereocenters. The highest BCUT2D eigenvalue weighted by Crippen LogP contribution is 2.21. The number of nitrogens with two attached hydrogens (primary N) is 1. The van der Waals surface area contributed by atoms with E-state index in [0.717, 1.165) is 4.31 Å². The average Bonchev–Trinajstić information content (AvgIpc) is 2.47. The quantitative estimate of drug-likeness (QED) is 0.866. The second-order valence-corrected chi connectivity index (χ2v) is 6.60. The van der Waals surface area contributed by atoms with E-state index in [2.05, 4.69) is 4.98 Å². The topological polar surface area (TPSA) is 76.3 Å². The number of anilines is 1. The van der Waals surface area contributed by atoms with Gasteiger partial charge < -0.3 is 5.73 Å². The number of pyridine rings is 1. The summed E-state index contributed by atoms with van der Waals surface area (Å²) in [6.07, 6.45) is 1.18. The molecule has 0 saturated heterocycles. The van der Waals surface area contributed by atoms with Crippen molar-refractivity contribution in [3.8, 4) is 0 Å². The molecule has 0 fully saturated rings. The Morgan fingerprint density at radius 1 is 1.24 bits per heavy atom. The first-order valence-electron chi connectivity index (χ1n) is 5.83. The third-order valence-corrected chi connectivity index (χ3v) is 4.82. The minimum absolute atomic E-state index is 0.00525. The molecule has 110 valence electrons. The molecule has 1 aromatic carbocycles. The van der Waals surface area contributed by atoms with Gasteiger partial charge >= 0.3 is 0 Å². The largest absolute Gasteiger partial charge is 0.388 e. The van der Waals surface area contributed by atoms with Crippen LogP contribution in [0.4, 0.5) is 10.1 Å². The smallest absolute Gasteiger partial charge is 0.265 e. The highest BCUT2D eigenvalue weighted by atomic mass is 32.2. The van der Waals surface area contributed by atoms with Gasteiger partial charge in [0.1, 0.15) is 15.7 Å². The van der Waals surface area contributed by atoms with Crippen molar-refractivity contribution in [1.82, 2.24) is 4.98 Å². The van der Waals surface area contributed by atoms with Crippen LogP contribution in [0.15, 0.2) is 47.5 Å². The maximum atomic E-state index is 12.9. The second-order valence-electron chi connectivity index (χ2n) is 4.19. The number of rotatable bonds is 4. The third-order valence-electron chi connectivity index (χ3n) is 2.84. The maximum Gasteiger partial charge on any atom is 0.265 e. The van der Waals surface area contributed by atoms with Gasteiger partial charge in [0.05, 0.1) is 11.4 Å². The molecule has 0 saturated carbocycles. The fourth-order valence-corrected chi connectivity index (χ4v) is 2.89. The molecular formula is C13H12FN3O2S2. The molecule has 2 N–H and O–H groups in total. The summed E-state index contributed by atoms with van der Waals surface area (Å²) in [6.45, 7) is 0. The van der Waals surface area contributed by atoms with Crippen LogP contribution in [0.3, 0.4) is 0 Å².